The topological polar surface area (TPSA) is 47.3 Å². The van der Waals surface area contributed by atoms with Crippen LogP contribution in [0.15, 0.2) is 0 Å². The molecule has 0 unspecified atom stereocenters. The molecule has 3 nitrogen and oxygen atoms in total. The normalized spacial score (nSPS) is 10.7. The minimum Gasteiger partial charge on any atom is -0.395 e. The SMILES string of the molecule is CC(C)N(CCO)CCCC#N. The Kier molecular flexibility index (Phi) is 6.73. The van der Waals surface area contributed by atoms with Crippen LogP contribution < -0.4 is 0 Å². The second-order valence-corrected chi connectivity index (χ2v) is 3.11. The van der Waals surface area contributed by atoms with E-state index in [1.807, 2.05) is 0 Å². The third-order valence-electron chi connectivity index (χ3n) is 1.85. The Morgan fingerprint density at radius 1 is 1.42 bits per heavy atom. The van der Waals surface area contributed by atoms with E-state index in [2.05, 4.69) is 24.8 Å². The smallest absolute Gasteiger partial charge is 0.0622 e. The molecule has 12 heavy (non-hydrogen) atoms. The number of aliphatic hydroxyl groups excluding tert-OH is 1. The largest absolute Gasteiger partial charge is 0.395 e. The van der Waals surface area contributed by atoms with Crippen LogP contribution >= 0.6 is 0 Å². The molecule has 0 amide bonds. The summed E-state index contributed by atoms with van der Waals surface area (Å²) in [6.45, 7) is 6.02. The van der Waals surface area contributed by atoms with Crippen molar-refractivity contribution in [1.82, 2.24) is 4.90 Å². The third kappa shape index (κ3) is 5.11. The lowest BCUT2D eigenvalue weighted by atomic mass is 10.2. The van der Waals surface area contributed by atoms with Gasteiger partial charge in [-0.3, -0.25) is 4.90 Å². The van der Waals surface area contributed by atoms with E-state index in [0.29, 0.717) is 19.0 Å². The molecule has 0 aliphatic heterocycles. The zero-order valence-electron chi connectivity index (χ0n) is 7.95. The highest BCUT2D eigenvalue weighted by atomic mass is 16.3. The molecule has 0 bridgehead atoms. The van der Waals surface area contributed by atoms with Gasteiger partial charge in [-0.2, -0.15) is 5.26 Å². The second-order valence-electron chi connectivity index (χ2n) is 3.11. The van der Waals surface area contributed by atoms with E-state index in [-0.39, 0.29) is 6.61 Å². The molecule has 0 aromatic heterocycles. The summed E-state index contributed by atoms with van der Waals surface area (Å²) in [7, 11) is 0. The van der Waals surface area contributed by atoms with Crippen molar-refractivity contribution in [3.8, 4) is 6.07 Å². The molecule has 0 fully saturated rings. The number of hydrogen-bond donors (Lipinski definition) is 1. The van der Waals surface area contributed by atoms with Crippen molar-refractivity contribution in [2.24, 2.45) is 0 Å². The van der Waals surface area contributed by atoms with Crippen molar-refractivity contribution in [2.45, 2.75) is 32.7 Å². The minimum atomic E-state index is 0.199. The molecule has 0 saturated carbocycles. The molecule has 0 aliphatic rings. The molecule has 0 radical (unpaired) electrons. The van der Waals surface area contributed by atoms with Crippen LogP contribution in [-0.2, 0) is 0 Å². The summed E-state index contributed by atoms with van der Waals surface area (Å²) < 4.78 is 0. The number of nitriles is 1. The number of rotatable bonds is 6. The first-order valence-corrected chi connectivity index (χ1v) is 4.44. The third-order valence-corrected chi connectivity index (χ3v) is 1.85. The maximum absolute atomic E-state index is 8.74. The maximum atomic E-state index is 8.74. The van der Waals surface area contributed by atoms with Gasteiger partial charge in [0.05, 0.1) is 12.7 Å². The van der Waals surface area contributed by atoms with Crippen LogP contribution in [0.4, 0.5) is 0 Å². The Balaban J connectivity index is 3.57. The molecule has 0 aromatic carbocycles. The van der Waals surface area contributed by atoms with E-state index in [1.54, 1.807) is 0 Å². The maximum Gasteiger partial charge on any atom is 0.0622 e. The van der Waals surface area contributed by atoms with Crippen LogP contribution in [-0.4, -0.2) is 35.7 Å². The molecule has 0 atom stereocenters. The fraction of sp³-hybridized carbons (Fsp3) is 0.889. The van der Waals surface area contributed by atoms with Crippen LogP contribution in [0.25, 0.3) is 0 Å². The van der Waals surface area contributed by atoms with E-state index in [0.717, 1.165) is 13.0 Å². The molecule has 0 heterocycles. The predicted molar refractivity (Wildman–Crippen MR) is 48.6 cm³/mol. The van der Waals surface area contributed by atoms with Gasteiger partial charge in [0.2, 0.25) is 0 Å². The summed E-state index contributed by atoms with van der Waals surface area (Å²) in [6, 6.07) is 2.57. The highest BCUT2D eigenvalue weighted by Gasteiger charge is 2.06. The van der Waals surface area contributed by atoms with E-state index in [1.165, 1.54) is 0 Å². The molecule has 1 N–H and O–H groups in total. The molecular weight excluding hydrogens is 152 g/mol. The molecule has 3 heteroatoms. The van der Waals surface area contributed by atoms with Crippen molar-refractivity contribution >= 4 is 0 Å². The van der Waals surface area contributed by atoms with Gasteiger partial charge in [0.15, 0.2) is 0 Å². The average molecular weight is 170 g/mol. The first-order valence-electron chi connectivity index (χ1n) is 4.44. The fourth-order valence-electron chi connectivity index (χ4n) is 1.12. The average Bonchev–Trinajstić information content (AvgIpc) is 2.03. The van der Waals surface area contributed by atoms with Crippen molar-refractivity contribution < 1.29 is 5.11 Å². The van der Waals surface area contributed by atoms with Crippen LogP contribution in [0.3, 0.4) is 0 Å². The standard InChI is InChI=1S/C9H18N2O/c1-9(2)11(7-8-12)6-4-3-5-10/h9,12H,3-4,6-8H2,1-2H3. The van der Waals surface area contributed by atoms with Crippen LogP contribution in [0, 0.1) is 11.3 Å². The Bertz CT molecular complexity index is 140. The number of aliphatic hydroxyl groups is 1. The quantitative estimate of drug-likeness (QED) is 0.605. The van der Waals surface area contributed by atoms with E-state index < -0.39 is 0 Å². The van der Waals surface area contributed by atoms with Gasteiger partial charge in [-0.05, 0) is 26.8 Å². The second kappa shape index (κ2) is 7.08. The molecule has 0 spiro atoms. The van der Waals surface area contributed by atoms with Gasteiger partial charge in [-0.1, -0.05) is 0 Å². The lowest BCUT2D eigenvalue weighted by Crippen LogP contribution is -2.34. The summed E-state index contributed by atoms with van der Waals surface area (Å²) in [5, 5.41) is 17.1. The number of nitrogens with zero attached hydrogens (tertiary/aromatic N) is 2. The first kappa shape index (κ1) is 11.4. The van der Waals surface area contributed by atoms with E-state index >= 15 is 0 Å². The van der Waals surface area contributed by atoms with Gasteiger partial charge in [-0.25, -0.2) is 0 Å². The highest BCUT2D eigenvalue weighted by Crippen LogP contribution is 2.00. The molecule has 0 aliphatic carbocycles. The van der Waals surface area contributed by atoms with Crippen molar-refractivity contribution in [2.75, 3.05) is 19.7 Å². The van der Waals surface area contributed by atoms with Crippen LogP contribution in [0.2, 0.25) is 0 Å². The van der Waals surface area contributed by atoms with Gasteiger partial charge in [0.25, 0.3) is 0 Å². The molecule has 0 aromatic rings. The monoisotopic (exact) mass is 170 g/mol. The zero-order chi connectivity index (χ0) is 9.40. The number of hydrogen-bond acceptors (Lipinski definition) is 3. The minimum absolute atomic E-state index is 0.199. The summed E-state index contributed by atoms with van der Waals surface area (Å²) in [5.74, 6) is 0. The van der Waals surface area contributed by atoms with Gasteiger partial charge in [0, 0.05) is 19.0 Å². The Morgan fingerprint density at radius 2 is 2.08 bits per heavy atom. The van der Waals surface area contributed by atoms with Crippen molar-refractivity contribution in [3.05, 3.63) is 0 Å². The lowest BCUT2D eigenvalue weighted by Gasteiger charge is -2.24. The molecule has 70 valence electrons. The van der Waals surface area contributed by atoms with Gasteiger partial charge in [-0.15, -0.1) is 0 Å². The Hall–Kier alpha value is -0.590. The summed E-state index contributed by atoms with van der Waals surface area (Å²) >= 11 is 0. The zero-order valence-corrected chi connectivity index (χ0v) is 7.95. The Labute approximate surface area is 74.6 Å². The summed E-state index contributed by atoms with van der Waals surface area (Å²) in [5.41, 5.74) is 0. The molecular formula is C9H18N2O. The first-order chi connectivity index (χ1) is 5.72. The highest BCUT2D eigenvalue weighted by molar-refractivity contribution is 4.71. The number of unbranched alkanes of at least 4 members (excludes halogenated alkanes) is 1. The van der Waals surface area contributed by atoms with Gasteiger partial charge < -0.3 is 5.11 Å². The van der Waals surface area contributed by atoms with E-state index in [4.69, 9.17) is 10.4 Å². The fourth-order valence-corrected chi connectivity index (χ4v) is 1.12. The summed E-state index contributed by atoms with van der Waals surface area (Å²) in [6.07, 6.45) is 1.50. The Morgan fingerprint density at radius 3 is 2.50 bits per heavy atom. The van der Waals surface area contributed by atoms with Gasteiger partial charge >= 0.3 is 0 Å². The summed E-state index contributed by atoms with van der Waals surface area (Å²) in [4.78, 5) is 2.18. The molecule has 0 rings (SSSR count). The van der Waals surface area contributed by atoms with Crippen LogP contribution in [0.1, 0.15) is 26.7 Å². The predicted octanol–water partition coefficient (Wildman–Crippen LogP) is 0.993. The van der Waals surface area contributed by atoms with Crippen molar-refractivity contribution in [1.29, 1.82) is 5.26 Å². The van der Waals surface area contributed by atoms with Crippen LogP contribution in [0.5, 0.6) is 0 Å². The van der Waals surface area contributed by atoms with Gasteiger partial charge in [0.1, 0.15) is 0 Å². The van der Waals surface area contributed by atoms with E-state index in [9.17, 15) is 0 Å². The lowest BCUT2D eigenvalue weighted by molar-refractivity contribution is 0.165. The van der Waals surface area contributed by atoms with Crippen molar-refractivity contribution in [3.63, 3.8) is 0 Å². The molecule has 0 saturated heterocycles.